The fourth-order valence-corrected chi connectivity index (χ4v) is 5.33. The number of piperidine rings is 1. The second-order valence-electron chi connectivity index (χ2n) is 7.67. The Morgan fingerprint density at radius 1 is 1.19 bits per heavy atom. The standard InChI is InChI=1S/C23H21Cl2NO5S/c1-13(22(27)26-9-2-3-15(12-26)23(28)29)17-5-7-19(21(25)20(17)24)32-16-4-6-18-14(11-16)8-10-30-31-18/h4-7,11,15H,1-3,8-10,12H2,(H,28,29). The van der Waals surface area contributed by atoms with Crippen LogP contribution in [-0.2, 0) is 20.9 Å². The first-order valence-corrected chi connectivity index (χ1v) is 11.7. The zero-order chi connectivity index (χ0) is 22.8. The van der Waals surface area contributed by atoms with Crippen LogP contribution >= 0.6 is 35.0 Å². The van der Waals surface area contributed by atoms with Crippen LogP contribution in [0.5, 0.6) is 5.75 Å². The first kappa shape index (κ1) is 23.0. The van der Waals surface area contributed by atoms with E-state index in [0.717, 1.165) is 21.8 Å². The topological polar surface area (TPSA) is 76.1 Å². The van der Waals surface area contributed by atoms with E-state index in [2.05, 4.69) is 6.58 Å². The van der Waals surface area contributed by atoms with Crippen molar-refractivity contribution in [3.63, 3.8) is 0 Å². The van der Waals surface area contributed by atoms with Gasteiger partial charge < -0.3 is 14.9 Å². The molecule has 32 heavy (non-hydrogen) atoms. The van der Waals surface area contributed by atoms with Gasteiger partial charge in [0.1, 0.15) is 0 Å². The minimum absolute atomic E-state index is 0.166. The molecule has 2 aliphatic heterocycles. The Morgan fingerprint density at radius 3 is 2.78 bits per heavy atom. The van der Waals surface area contributed by atoms with E-state index < -0.39 is 11.9 Å². The summed E-state index contributed by atoms with van der Waals surface area (Å²) in [4.78, 5) is 37.7. The van der Waals surface area contributed by atoms with E-state index in [1.54, 1.807) is 6.07 Å². The number of carboxylic acids is 1. The molecule has 0 bridgehead atoms. The van der Waals surface area contributed by atoms with Gasteiger partial charge >= 0.3 is 5.97 Å². The molecule has 0 saturated carbocycles. The largest absolute Gasteiger partial charge is 0.481 e. The summed E-state index contributed by atoms with van der Waals surface area (Å²) in [7, 11) is 0. The maximum Gasteiger partial charge on any atom is 0.308 e. The number of nitrogens with zero attached hydrogens (tertiary/aromatic N) is 1. The van der Waals surface area contributed by atoms with Gasteiger partial charge in [-0.2, -0.15) is 4.89 Å². The number of carboxylic acid groups (broad SMARTS) is 1. The number of halogens is 2. The molecule has 2 heterocycles. The number of carbonyl (C=O) groups excluding carboxylic acids is 1. The smallest absolute Gasteiger partial charge is 0.308 e. The van der Waals surface area contributed by atoms with Gasteiger partial charge in [-0.15, -0.1) is 0 Å². The molecular formula is C23H21Cl2NO5S. The van der Waals surface area contributed by atoms with Gasteiger partial charge in [-0.05, 0) is 37.1 Å². The van der Waals surface area contributed by atoms with Crippen molar-refractivity contribution >= 4 is 52.4 Å². The molecule has 1 N–H and O–H groups in total. The molecule has 0 aliphatic carbocycles. The minimum Gasteiger partial charge on any atom is -0.481 e. The normalized spacial score (nSPS) is 17.9. The SMILES string of the molecule is C=C(C(=O)N1CCCC(C(=O)O)C1)c1ccc(Sc2ccc3c(c2)CCOO3)c(Cl)c1Cl. The van der Waals surface area contributed by atoms with Crippen molar-refractivity contribution in [2.45, 2.75) is 29.1 Å². The molecule has 2 aromatic rings. The fraction of sp³-hybridized carbons (Fsp3) is 0.304. The van der Waals surface area contributed by atoms with Crippen LogP contribution in [0.1, 0.15) is 24.0 Å². The molecule has 2 aliphatic rings. The average molecular weight is 494 g/mol. The lowest BCUT2D eigenvalue weighted by molar-refractivity contribution is -0.215. The summed E-state index contributed by atoms with van der Waals surface area (Å²) in [6.45, 7) is 5.08. The van der Waals surface area contributed by atoms with Gasteiger partial charge in [0.05, 0.1) is 22.6 Å². The molecule has 1 amide bonds. The number of hydrogen-bond acceptors (Lipinski definition) is 5. The summed E-state index contributed by atoms with van der Waals surface area (Å²) in [6.07, 6.45) is 1.96. The molecule has 9 heteroatoms. The number of aliphatic carboxylic acids is 1. The average Bonchev–Trinajstić information content (AvgIpc) is 2.81. The van der Waals surface area contributed by atoms with Gasteiger partial charge in [0.25, 0.3) is 5.91 Å². The molecule has 0 aromatic heterocycles. The summed E-state index contributed by atoms with van der Waals surface area (Å²) < 4.78 is 0. The lowest BCUT2D eigenvalue weighted by Gasteiger charge is -2.31. The van der Waals surface area contributed by atoms with E-state index in [4.69, 9.17) is 33.0 Å². The van der Waals surface area contributed by atoms with E-state index in [-0.39, 0.29) is 23.0 Å². The molecule has 168 valence electrons. The molecule has 1 atom stereocenters. The molecule has 2 aromatic carbocycles. The van der Waals surface area contributed by atoms with E-state index >= 15 is 0 Å². The van der Waals surface area contributed by atoms with Crippen molar-refractivity contribution in [3.8, 4) is 5.75 Å². The van der Waals surface area contributed by atoms with Crippen LogP contribution in [-0.4, -0.2) is 41.6 Å². The van der Waals surface area contributed by atoms with E-state index in [1.807, 2.05) is 24.3 Å². The van der Waals surface area contributed by atoms with Crippen molar-refractivity contribution in [1.29, 1.82) is 0 Å². The van der Waals surface area contributed by atoms with Gasteiger partial charge in [-0.25, -0.2) is 0 Å². The predicted octanol–water partition coefficient (Wildman–Crippen LogP) is 5.35. The van der Waals surface area contributed by atoms with Crippen molar-refractivity contribution < 1.29 is 24.5 Å². The minimum atomic E-state index is -0.892. The van der Waals surface area contributed by atoms with Crippen molar-refractivity contribution in [2.24, 2.45) is 5.92 Å². The molecule has 0 radical (unpaired) electrons. The van der Waals surface area contributed by atoms with Crippen molar-refractivity contribution in [1.82, 2.24) is 4.90 Å². The highest BCUT2D eigenvalue weighted by Gasteiger charge is 2.30. The number of likely N-dealkylation sites (tertiary alicyclic amines) is 1. The Labute approximate surface area is 200 Å². The zero-order valence-electron chi connectivity index (χ0n) is 17.1. The molecule has 1 saturated heterocycles. The first-order chi connectivity index (χ1) is 15.3. The Balaban J connectivity index is 1.51. The number of hydrogen-bond donors (Lipinski definition) is 1. The van der Waals surface area contributed by atoms with Gasteiger partial charge in [-0.3, -0.25) is 9.59 Å². The number of fused-ring (bicyclic) bond motifs is 1. The van der Waals surface area contributed by atoms with Crippen LogP contribution in [0.25, 0.3) is 5.57 Å². The summed E-state index contributed by atoms with van der Waals surface area (Å²) in [5.74, 6) is -1.08. The maximum atomic E-state index is 12.9. The van der Waals surface area contributed by atoms with Crippen LogP contribution < -0.4 is 4.89 Å². The van der Waals surface area contributed by atoms with Crippen molar-refractivity contribution in [3.05, 3.63) is 58.1 Å². The van der Waals surface area contributed by atoms with E-state index in [9.17, 15) is 14.7 Å². The third kappa shape index (κ3) is 4.76. The van der Waals surface area contributed by atoms with Gasteiger partial charge in [-0.1, -0.05) is 47.6 Å². The van der Waals surface area contributed by atoms with Gasteiger partial charge in [0.15, 0.2) is 5.75 Å². The second kappa shape index (κ2) is 9.75. The van der Waals surface area contributed by atoms with Gasteiger partial charge in [0.2, 0.25) is 0 Å². The van der Waals surface area contributed by atoms with Crippen LogP contribution in [0, 0.1) is 5.92 Å². The highest BCUT2D eigenvalue weighted by atomic mass is 35.5. The third-order valence-corrected chi connectivity index (χ3v) is 7.59. The van der Waals surface area contributed by atoms with Crippen LogP contribution in [0.3, 0.4) is 0 Å². The molecule has 0 spiro atoms. The summed E-state index contributed by atoms with van der Waals surface area (Å²) >= 11 is 14.5. The second-order valence-corrected chi connectivity index (χ2v) is 9.54. The summed E-state index contributed by atoms with van der Waals surface area (Å²) in [5.41, 5.74) is 1.70. The van der Waals surface area contributed by atoms with E-state index in [1.165, 1.54) is 16.7 Å². The third-order valence-electron chi connectivity index (χ3n) is 5.55. The Kier molecular flexibility index (Phi) is 7.00. The number of rotatable bonds is 5. The number of amides is 1. The van der Waals surface area contributed by atoms with E-state index in [0.29, 0.717) is 42.3 Å². The zero-order valence-corrected chi connectivity index (χ0v) is 19.4. The predicted molar refractivity (Wildman–Crippen MR) is 123 cm³/mol. The molecule has 1 unspecified atom stereocenters. The van der Waals surface area contributed by atoms with Crippen LogP contribution in [0.2, 0.25) is 10.0 Å². The Hall–Kier alpha value is -2.19. The van der Waals surface area contributed by atoms with Crippen molar-refractivity contribution in [2.75, 3.05) is 19.7 Å². The lowest BCUT2D eigenvalue weighted by Crippen LogP contribution is -2.42. The summed E-state index contributed by atoms with van der Waals surface area (Å²) in [5, 5.41) is 9.86. The number of benzene rings is 2. The number of carbonyl (C=O) groups is 2. The quantitative estimate of drug-likeness (QED) is 0.446. The Bertz CT molecular complexity index is 1090. The molecule has 4 rings (SSSR count). The first-order valence-electron chi connectivity index (χ1n) is 10.1. The van der Waals surface area contributed by atoms with Gasteiger partial charge in [0, 0.05) is 46.0 Å². The monoisotopic (exact) mass is 493 g/mol. The summed E-state index contributed by atoms with van der Waals surface area (Å²) in [6, 6.07) is 9.32. The molecular weight excluding hydrogens is 473 g/mol. The van der Waals surface area contributed by atoms with Crippen LogP contribution in [0.15, 0.2) is 46.7 Å². The highest BCUT2D eigenvalue weighted by Crippen LogP contribution is 2.42. The fourth-order valence-electron chi connectivity index (χ4n) is 3.79. The molecule has 1 fully saturated rings. The highest BCUT2D eigenvalue weighted by molar-refractivity contribution is 7.99. The lowest BCUT2D eigenvalue weighted by atomic mass is 9.97. The maximum absolute atomic E-state index is 12.9. The van der Waals surface area contributed by atoms with Crippen LogP contribution in [0.4, 0.5) is 0 Å². The Morgan fingerprint density at radius 2 is 2.00 bits per heavy atom. The molecule has 6 nitrogen and oxygen atoms in total.